The number of urea groups is 1. The summed E-state index contributed by atoms with van der Waals surface area (Å²) in [6.45, 7) is 4.50. The van der Waals surface area contributed by atoms with Crippen LogP contribution < -0.4 is 5.32 Å². The van der Waals surface area contributed by atoms with Crippen molar-refractivity contribution in [2.45, 2.75) is 38.3 Å². The minimum atomic E-state index is -0.751. The predicted octanol–water partition coefficient (Wildman–Crippen LogP) is 0.831. The number of piperazine rings is 1. The van der Waals surface area contributed by atoms with Crippen LogP contribution in [0.1, 0.15) is 26.2 Å². The van der Waals surface area contributed by atoms with E-state index in [0.29, 0.717) is 12.5 Å². The highest BCUT2D eigenvalue weighted by Crippen LogP contribution is 2.48. The number of carboxylic acids is 1. The summed E-state index contributed by atoms with van der Waals surface area (Å²) >= 11 is 0. The maximum Gasteiger partial charge on any atom is 0.317 e. The summed E-state index contributed by atoms with van der Waals surface area (Å²) in [5.41, 5.74) is 0. The van der Waals surface area contributed by atoms with E-state index in [1.807, 2.05) is 11.8 Å². The Morgan fingerprint density at radius 2 is 1.90 bits per heavy atom. The first-order chi connectivity index (χ1) is 9.97. The molecule has 2 N–H and O–H groups in total. The first kappa shape index (κ1) is 14.6. The number of nitrogens with zero attached hydrogens (tertiary/aromatic N) is 2. The molecule has 1 heterocycles. The molecule has 2 saturated carbocycles. The van der Waals surface area contributed by atoms with E-state index in [2.05, 4.69) is 17.3 Å². The first-order valence-electron chi connectivity index (χ1n) is 7.96. The molecule has 0 spiro atoms. The zero-order chi connectivity index (χ0) is 15.1. The average Bonchev–Trinajstić information content (AvgIpc) is 2.98. The van der Waals surface area contributed by atoms with Crippen molar-refractivity contribution < 1.29 is 14.7 Å². The molecule has 3 fully saturated rings. The van der Waals surface area contributed by atoms with Crippen molar-refractivity contribution >= 4 is 12.0 Å². The molecule has 0 aromatic carbocycles. The van der Waals surface area contributed by atoms with Crippen molar-refractivity contribution in [1.29, 1.82) is 0 Å². The van der Waals surface area contributed by atoms with Gasteiger partial charge < -0.3 is 20.2 Å². The van der Waals surface area contributed by atoms with Crippen LogP contribution in [0, 0.1) is 17.8 Å². The van der Waals surface area contributed by atoms with Gasteiger partial charge in [0.15, 0.2) is 0 Å². The molecule has 6 nitrogen and oxygen atoms in total. The van der Waals surface area contributed by atoms with Gasteiger partial charge in [0.05, 0.1) is 5.92 Å². The molecule has 2 aliphatic carbocycles. The average molecular weight is 295 g/mol. The third-order valence-electron chi connectivity index (χ3n) is 5.58. The Labute approximate surface area is 125 Å². The fraction of sp³-hybridized carbons (Fsp3) is 0.867. The highest BCUT2D eigenvalue weighted by molar-refractivity contribution is 5.78. The standard InChI is InChI=1S/C15H25N3O3/c1-9-8-17(2)5-6-18(9)15(21)16-13-11-4-3-10(7-11)12(13)14(19)20/h9-13H,3-8H2,1-2H3,(H,16,21)(H,19,20). The fourth-order valence-electron chi connectivity index (χ4n) is 4.52. The smallest absolute Gasteiger partial charge is 0.317 e. The largest absolute Gasteiger partial charge is 0.481 e. The third-order valence-corrected chi connectivity index (χ3v) is 5.58. The van der Waals surface area contributed by atoms with Gasteiger partial charge in [0.2, 0.25) is 0 Å². The summed E-state index contributed by atoms with van der Waals surface area (Å²) in [5.74, 6) is -0.542. The quantitative estimate of drug-likeness (QED) is 0.791. The second kappa shape index (κ2) is 5.48. The zero-order valence-electron chi connectivity index (χ0n) is 12.8. The molecule has 1 aliphatic heterocycles. The molecule has 6 heteroatoms. The molecule has 2 amide bonds. The van der Waals surface area contributed by atoms with Crippen molar-refractivity contribution in [3.8, 4) is 0 Å². The Morgan fingerprint density at radius 1 is 1.19 bits per heavy atom. The maximum atomic E-state index is 12.5. The highest BCUT2D eigenvalue weighted by Gasteiger charge is 2.52. The number of fused-ring (bicyclic) bond motifs is 2. The van der Waals surface area contributed by atoms with Crippen LogP contribution >= 0.6 is 0 Å². The van der Waals surface area contributed by atoms with Gasteiger partial charge in [-0.05, 0) is 45.1 Å². The van der Waals surface area contributed by atoms with Crippen LogP contribution in [0.3, 0.4) is 0 Å². The van der Waals surface area contributed by atoms with Gasteiger partial charge in [-0.25, -0.2) is 4.79 Å². The number of rotatable bonds is 2. The number of aliphatic carboxylic acids is 1. The number of carbonyl (C=O) groups is 2. The lowest BCUT2D eigenvalue weighted by atomic mass is 9.84. The van der Waals surface area contributed by atoms with E-state index in [-0.39, 0.29) is 24.0 Å². The Hall–Kier alpha value is -1.30. The number of amides is 2. The molecular weight excluding hydrogens is 270 g/mol. The Morgan fingerprint density at radius 3 is 2.57 bits per heavy atom. The Kier molecular flexibility index (Phi) is 3.82. The molecule has 118 valence electrons. The van der Waals surface area contributed by atoms with Gasteiger partial charge in [-0.2, -0.15) is 0 Å². The van der Waals surface area contributed by atoms with E-state index in [1.54, 1.807) is 0 Å². The zero-order valence-corrected chi connectivity index (χ0v) is 12.8. The number of carbonyl (C=O) groups excluding carboxylic acids is 1. The van der Waals surface area contributed by atoms with Crippen LogP contribution in [0.2, 0.25) is 0 Å². The lowest BCUT2D eigenvalue weighted by Crippen LogP contribution is -2.58. The van der Waals surface area contributed by atoms with Gasteiger partial charge in [-0.15, -0.1) is 0 Å². The van der Waals surface area contributed by atoms with E-state index in [0.717, 1.165) is 32.4 Å². The highest BCUT2D eigenvalue weighted by atomic mass is 16.4. The molecule has 2 bridgehead atoms. The SMILES string of the molecule is CC1CN(C)CCN1C(=O)NC1C2CCC(C2)C1C(=O)O. The van der Waals surface area contributed by atoms with Crippen molar-refractivity contribution in [3.63, 3.8) is 0 Å². The van der Waals surface area contributed by atoms with Crippen LogP contribution in [-0.2, 0) is 4.79 Å². The molecular formula is C15H25N3O3. The van der Waals surface area contributed by atoms with Crippen LogP contribution in [0.4, 0.5) is 4.79 Å². The summed E-state index contributed by atoms with van der Waals surface area (Å²) in [6.07, 6.45) is 3.01. The second-order valence-electron chi connectivity index (χ2n) is 6.98. The summed E-state index contributed by atoms with van der Waals surface area (Å²) < 4.78 is 0. The summed E-state index contributed by atoms with van der Waals surface area (Å²) in [6, 6.07) is -0.0920. The van der Waals surface area contributed by atoms with Gasteiger partial charge in [-0.3, -0.25) is 4.79 Å². The molecule has 0 aromatic heterocycles. The maximum absolute atomic E-state index is 12.5. The molecule has 3 rings (SSSR count). The molecule has 0 radical (unpaired) electrons. The van der Waals surface area contributed by atoms with Gasteiger partial charge in [-0.1, -0.05) is 0 Å². The van der Waals surface area contributed by atoms with E-state index in [4.69, 9.17) is 0 Å². The van der Waals surface area contributed by atoms with Crippen molar-refractivity contribution in [3.05, 3.63) is 0 Å². The predicted molar refractivity (Wildman–Crippen MR) is 77.9 cm³/mol. The topological polar surface area (TPSA) is 72.9 Å². The van der Waals surface area contributed by atoms with Gasteiger partial charge in [0.1, 0.15) is 0 Å². The van der Waals surface area contributed by atoms with Crippen molar-refractivity contribution in [2.75, 3.05) is 26.7 Å². The first-order valence-corrected chi connectivity index (χ1v) is 7.96. The third kappa shape index (κ3) is 2.61. The van der Waals surface area contributed by atoms with E-state index in [1.165, 1.54) is 0 Å². The molecule has 21 heavy (non-hydrogen) atoms. The molecule has 1 saturated heterocycles. The van der Waals surface area contributed by atoms with Crippen LogP contribution in [0.15, 0.2) is 0 Å². The Bertz CT molecular complexity index is 442. The minimum absolute atomic E-state index is 0.0839. The van der Waals surface area contributed by atoms with Crippen molar-refractivity contribution in [2.24, 2.45) is 17.8 Å². The number of nitrogens with one attached hydrogen (secondary N) is 1. The van der Waals surface area contributed by atoms with Crippen molar-refractivity contribution in [1.82, 2.24) is 15.1 Å². The number of carboxylic acid groups (broad SMARTS) is 1. The minimum Gasteiger partial charge on any atom is -0.481 e. The van der Waals surface area contributed by atoms with E-state index in [9.17, 15) is 14.7 Å². The number of hydrogen-bond acceptors (Lipinski definition) is 3. The van der Waals surface area contributed by atoms with Crippen LogP contribution in [0.5, 0.6) is 0 Å². The summed E-state index contributed by atoms with van der Waals surface area (Å²) in [4.78, 5) is 28.1. The summed E-state index contributed by atoms with van der Waals surface area (Å²) in [5, 5.41) is 12.5. The number of likely N-dealkylation sites (N-methyl/N-ethyl adjacent to an activating group) is 1. The van der Waals surface area contributed by atoms with Crippen LogP contribution in [-0.4, -0.2) is 65.7 Å². The second-order valence-corrected chi connectivity index (χ2v) is 6.98. The lowest BCUT2D eigenvalue weighted by molar-refractivity contribution is -0.144. The number of hydrogen-bond donors (Lipinski definition) is 2. The molecule has 5 atom stereocenters. The summed E-state index contributed by atoms with van der Waals surface area (Å²) in [7, 11) is 2.06. The van der Waals surface area contributed by atoms with E-state index < -0.39 is 11.9 Å². The Balaban J connectivity index is 1.65. The monoisotopic (exact) mass is 295 g/mol. The van der Waals surface area contributed by atoms with Gasteiger partial charge in [0, 0.05) is 31.7 Å². The fourth-order valence-corrected chi connectivity index (χ4v) is 4.52. The normalized spacial score (nSPS) is 39.5. The molecule has 3 aliphatic rings. The van der Waals surface area contributed by atoms with Gasteiger partial charge >= 0.3 is 12.0 Å². The van der Waals surface area contributed by atoms with Gasteiger partial charge in [0.25, 0.3) is 0 Å². The van der Waals surface area contributed by atoms with E-state index >= 15 is 0 Å². The lowest BCUT2D eigenvalue weighted by Gasteiger charge is -2.39. The molecule has 5 unspecified atom stereocenters. The molecule has 0 aromatic rings. The van der Waals surface area contributed by atoms with Crippen LogP contribution in [0.25, 0.3) is 0 Å².